The Morgan fingerprint density at radius 3 is 2.32 bits per heavy atom. The second-order valence-electron chi connectivity index (χ2n) is 4.97. The summed E-state index contributed by atoms with van der Waals surface area (Å²) in [6.07, 6.45) is 0.727. The summed E-state index contributed by atoms with van der Waals surface area (Å²) in [5, 5.41) is 0. The number of nitrogens with zero attached hydrogens (tertiary/aromatic N) is 1. The van der Waals surface area contributed by atoms with E-state index in [0.717, 1.165) is 17.5 Å². The molecule has 22 heavy (non-hydrogen) atoms. The Kier molecular flexibility index (Phi) is 5.34. The molecule has 3 nitrogen and oxygen atoms in total. The van der Waals surface area contributed by atoms with Crippen molar-refractivity contribution in [1.82, 2.24) is 0 Å². The molecule has 0 aliphatic rings. The van der Waals surface area contributed by atoms with E-state index in [0.29, 0.717) is 11.3 Å². The first-order chi connectivity index (χ1) is 10.6. The summed E-state index contributed by atoms with van der Waals surface area (Å²) < 4.78 is 0. The maximum absolute atomic E-state index is 12.8. The van der Waals surface area contributed by atoms with Crippen molar-refractivity contribution in [2.45, 2.75) is 20.3 Å². The Bertz CT molecular complexity index is 683. The van der Waals surface area contributed by atoms with Gasteiger partial charge in [-0.05, 0) is 36.6 Å². The number of para-hydroxylation sites is 1. The van der Waals surface area contributed by atoms with Crippen molar-refractivity contribution < 1.29 is 9.59 Å². The summed E-state index contributed by atoms with van der Waals surface area (Å²) in [6.45, 7) is 3.88. The number of alkyl halides is 1. The van der Waals surface area contributed by atoms with E-state index in [4.69, 9.17) is 11.6 Å². The second kappa shape index (κ2) is 7.23. The molecule has 0 aromatic heterocycles. The molecule has 4 heteroatoms. The zero-order valence-electron chi connectivity index (χ0n) is 12.7. The van der Waals surface area contributed by atoms with Gasteiger partial charge in [-0.15, -0.1) is 11.6 Å². The number of rotatable bonds is 4. The highest BCUT2D eigenvalue weighted by Crippen LogP contribution is 2.27. The molecule has 114 valence electrons. The quantitative estimate of drug-likeness (QED) is 0.801. The number of aryl methyl sites for hydroxylation is 2. The molecule has 0 aliphatic heterocycles. The SMILES string of the molecule is CCc1cccc(C)c1N(C(=O)CCl)C(=O)c1ccccc1. The van der Waals surface area contributed by atoms with Crippen LogP contribution >= 0.6 is 11.6 Å². The number of carbonyl (C=O) groups excluding carboxylic acids is 2. The van der Waals surface area contributed by atoms with Crippen molar-refractivity contribution in [3.8, 4) is 0 Å². The first-order valence-electron chi connectivity index (χ1n) is 7.17. The summed E-state index contributed by atoms with van der Waals surface area (Å²) in [5.41, 5.74) is 2.93. The summed E-state index contributed by atoms with van der Waals surface area (Å²) in [7, 11) is 0. The van der Waals surface area contributed by atoms with E-state index in [-0.39, 0.29) is 11.8 Å². The fourth-order valence-electron chi connectivity index (χ4n) is 2.43. The average molecular weight is 316 g/mol. The van der Waals surface area contributed by atoms with Crippen LogP contribution in [0.5, 0.6) is 0 Å². The molecule has 0 N–H and O–H groups in total. The molecule has 2 aromatic carbocycles. The second-order valence-corrected chi connectivity index (χ2v) is 5.24. The third kappa shape index (κ3) is 3.20. The maximum atomic E-state index is 12.8. The molecule has 2 aromatic rings. The van der Waals surface area contributed by atoms with Gasteiger partial charge in [0, 0.05) is 5.56 Å². The first-order valence-corrected chi connectivity index (χ1v) is 7.70. The van der Waals surface area contributed by atoms with Gasteiger partial charge in [0.05, 0.1) is 5.69 Å². The van der Waals surface area contributed by atoms with Crippen molar-refractivity contribution in [3.63, 3.8) is 0 Å². The number of halogens is 1. The zero-order valence-corrected chi connectivity index (χ0v) is 13.4. The number of hydrogen-bond acceptors (Lipinski definition) is 2. The van der Waals surface area contributed by atoms with Crippen molar-refractivity contribution in [3.05, 3.63) is 65.2 Å². The molecule has 0 radical (unpaired) electrons. The lowest BCUT2D eigenvalue weighted by Gasteiger charge is -2.24. The summed E-state index contributed by atoms with van der Waals surface area (Å²) in [6, 6.07) is 14.5. The van der Waals surface area contributed by atoms with Gasteiger partial charge in [-0.3, -0.25) is 9.59 Å². The molecule has 0 atom stereocenters. The minimum absolute atomic E-state index is 0.240. The van der Waals surface area contributed by atoms with Gasteiger partial charge in [0.15, 0.2) is 0 Å². The van der Waals surface area contributed by atoms with Crippen LogP contribution in [-0.4, -0.2) is 17.7 Å². The smallest absolute Gasteiger partial charge is 0.265 e. The molecule has 0 bridgehead atoms. The van der Waals surface area contributed by atoms with Crippen LogP contribution < -0.4 is 4.90 Å². The Labute approximate surface area is 135 Å². The van der Waals surface area contributed by atoms with Gasteiger partial charge in [0.1, 0.15) is 5.88 Å². The van der Waals surface area contributed by atoms with Gasteiger partial charge in [-0.25, -0.2) is 4.90 Å². The van der Waals surface area contributed by atoms with E-state index < -0.39 is 5.91 Å². The number of imide groups is 1. The van der Waals surface area contributed by atoms with Crippen LogP contribution in [0.4, 0.5) is 5.69 Å². The fourth-order valence-corrected chi connectivity index (χ4v) is 2.55. The predicted molar refractivity (Wildman–Crippen MR) is 89.5 cm³/mol. The van der Waals surface area contributed by atoms with Gasteiger partial charge in [0.25, 0.3) is 5.91 Å². The summed E-state index contributed by atoms with van der Waals surface area (Å²) in [4.78, 5) is 26.3. The van der Waals surface area contributed by atoms with Gasteiger partial charge in [0.2, 0.25) is 5.91 Å². The molecule has 0 unspecified atom stereocenters. The van der Waals surface area contributed by atoms with Crippen molar-refractivity contribution in [2.75, 3.05) is 10.8 Å². The van der Waals surface area contributed by atoms with E-state index in [2.05, 4.69) is 0 Å². The topological polar surface area (TPSA) is 37.4 Å². The molecular weight excluding hydrogens is 298 g/mol. The van der Waals surface area contributed by atoms with Crippen LogP contribution in [0.3, 0.4) is 0 Å². The number of hydrogen-bond donors (Lipinski definition) is 0. The lowest BCUT2D eigenvalue weighted by molar-refractivity contribution is -0.115. The Morgan fingerprint density at radius 1 is 1.05 bits per heavy atom. The van der Waals surface area contributed by atoms with E-state index in [9.17, 15) is 9.59 Å². The van der Waals surface area contributed by atoms with Gasteiger partial charge in [-0.2, -0.15) is 0 Å². The van der Waals surface area contributed by atoms with Crippen LogP contribution in [0.25, 0.3) is 0 Å². The number of carbonyl (C=O) groups is 2. The van der Waals surface area contributed by atoms with Crippen LogP contribution in [0.1, 0.15) is 28.4 Å². The minimum atomic E-state index is -0.417. The Morgan fingerprint density at radius 2 is 1.73 bits per heavy atom. The van der Waals surface area contributed by atoms with Crippen LogP contribution in [0.2, 0.25) is 0 Å². The van der Waals surface area contributed by atoms with Crippen LogP contribution in [0.15, 0.2) is 48.5 Å². The highest BCUT2D eigenvalue weighted by atomic mass is 35.5. The molecule has 2 amide bonds. The number of anilines is 1. The fraction of sp³-hybridized carbons (Fsp3) is 0.222. The monoisotopic (exact) mass is 315 g/mol. The molecule has 0 saturated carbocycles. The predicted octanol–water partition coefficient (Wildman–Crippen LogP) is 3.97. The van der Waals surface area contributed by atoms with E-state index in [1.165, 1.54) is 4.90 Å². The lowest BCUT2D eigenvalue weighted by Crippen LogP contribution is -2.39. The van der Waals surface area contributed by atoms with E-state index in [1.807, 2.05) is 38.1 Å². The molecule has 0 fully saturated rings. The number of amides is 2. The average Bonchev–Trinajstić information content (AvgIpc) is 2.56. The Balaban J connectivity index is 2.58. The van der Waals surface area contributed by atoms with Crippen LogP contribution in [0, 0.1) is 6.92 Å². The van der Waals surface area contributed by atoms with E-state index in [1.54, 1.807) is 24.3 Å². The highest BCUT2D eigenvalue weighted by molar-refractivity contribution is 6.34. The molecule has 0 heterocycles. The standard InChI is InChI=1S/C18H18ClNO2/c1-3-14-11-7-8-13(2)17(14)20(16(21)12-19)18(22)15-9-5-4-6-10-15/h4-11H,3,12H2,1-2H3. The van der Waals surface area contributed by atoms with E-state index >= 15 is 0 Å². The molecule has 0 spiro atoms. The number of benzene rings is 2. The normalized spacial score (nSPS) is 10.3. The molecule has 0 saturated heterocycles. The van der Waals surface area contributed by atoms with Crippen molar-refractivity contribution in [2.24, 2.45) is 0 Å². The first kappa shape index (κ1) is 16.2. The molecule has 2 rings (SSSR count). The molecule has 0 aliphatic carbocycles. The van der Waals surface area contributed by atoms with Gasteiger partial charge >= 0.3 is 0 Å². The van der Waals surface area contributed by atoms with Gasteiger partial charge < -0.3 is 0 Å². The third-order valence-corrected chi connectivity index (χ3v) is 3.74. The molecular formula is C18H18ClNO2. The Hall–Kier alpha value is -2.13. The van der Waals surface area contributed by atoms with Crippen molar-refractivity contribution in [1.29, 1.82) is 0 Å². The summed E-state index contributed by atoms with van der Waals surface area (Å²) in [5.74, 6) is -1.01. The third-order valence-electron chi connectivity index (χ3n) is 3.51. The minimum Gasteiger partial charge on any atom is -0.273 e. The van der Waals surface area contributed by atoms with Gasteiger partial charge in [-0.1, -0.05) is 43.3 Å². The lowest BCUT2D eigenvalue weighted by atomic mass is 10.0. The zero-order chi connectivity index (χ0) is 16.1. The van der Waals surface area contributed by atoms with Crippen molar-refractivity contribution >= 4 is 29.1 Å². The highest BCUT2D eigenvalue weighted by Gasteiger charge is 2.26. The van der Waals surface area contributed by atoms with Crippen LogP contribution in [-0.2, 0) is 11.2 Å². The largest absolute Gasteiger partial charge is 0.273 e. The maximum Gasteiger partial charge on any atom is 0.265 e. The summed E-state index contributed by atoms with van der Waals surface area (Å²) >= 11 is 5.73.